The first-order chi connectivity index (χ1) is 32.7. The van der Waals surface area contributed by atoms with E-state index in [-0.39, 0.29) is 44.1 Å². The number of hydrogen-bond donors (Lipinski definition) is 8. The largest absolute Gasteiger partial charge is 0.480 e. The van der Waals surface area contributed by atoms with Crippen LogP contribution in [0.5, 0.6) is 0 Å². The molecule has 9 atom stereocenters. The number of hydrogen-bond acceptors (Lipinski definition) is 10. The number of nitrogens with two attached hydrogens (primary N) is 1. The van der Waals surface area contributed by atoms with Gasteiger partial charge in [0.25, 0.3) is 0 Å². The van der Waals surface area contributed by atoms with Crippen molar-refractivity contribution < 1.29 is 43.5 Å². The van der Waals surface area contributed by atoms with Crippen LogP contribution in [0.15, 0.2) is 60.7 Å². The van der Waals surface area contributed by atoms with Gasteiger partial charge in [0, 0.05) is 19.4 Å². The molecule has 0 bridgehead atoms. The van der Waals surface area contributed by atoms with Crippen molar-refractivity contribution in [2.45, 2.75) is 155 Å². The molecule has 0 spiro atoms. The minimum atomic E-state index is -1.20. The minimum Gasteiger partial charge on any atom is -0.480 e. The minimum absolute atomic E-state index is 0.0132. The summed E-state index contributed by atoms with van der Waals surface area (Å²) in [5.74, 6) is -5.54. The highest BCUT2D eigenvalue weighted by Gasteiger charge is 2.41. The van der Waals surface area contributed by atoms with Gasteiger partial charge in [-0.3, -0.25) is 33.6 Å². The topological polar surface area (TPSA) is 258 Å². The van der Waals surface area contributed by atoms with Gasteiger partial charge < -0.3 is 47.6 Å². The van der Waals surface area contributed by atoms with Crippen LogP contribution in [0.4, 0.5) is 0 Å². The molecular formula is C51H78N8O9S. The molecule has 2 aromatic rings. The molecule has 0 radical (unpaired) electrons. The molecule has 9 N–H and O–H groups in total. The highest BCUT2D eigenvalue weighted by atomic mass is 32.2. The second-order valence-corrected chi connectivity index (χ2v) is 20.4. The molecule has 1 saturated heterocycles. The molecule has 3 rings (SSSR count). The summed E-state index contributed by atoms with van der Waals surface area (Å²) in [4.78, 5) is 112. The summed E-state index contributed by atoms with van der Waals surface area (Å²) < 4.78 is 0. The van der Waals surface area contributed by atoms with Crippen LogP contribution in [0.3, 0.4) is 0 Å². The standard InChI is InChI=1S/C51H78N8O9S/c1-10-33(8)43(51(67)68)58-47(63)39(28-34-18-13-11-14-19-34)54-45(61)37(26-30(2)3)55-48(64)41-22-17-24-59(41)50(66)40(29-35-20-15-12-16-21-35)56-49(65)42(32(6)7)57-46(62)38(27-31(4)5)53-44(60)36(52)23-25-69-9/h11-16,18-21,30-33,36-43H,10,17,22-29,52H2,1-9H3,(H,53,60)(H,54,61)(H,55,64)(H,56,65)(H,57,62)(H,58,63)(H,67,68)/t33-,36-,37-,38-,39-,40-,41-,42-,43-/m0/s1. The predicted octanol–water partition coefficient (Wildman–Crippen LogP) is 3.33. The van der Waals surface area contributed by atoms with Crippen LogP contribution in [0.25, 0.3) is 0 Å². The van der Waals surface area contributed by atoms with Gasteiger partial charge in [0.15, 0.2) is 0 Å². The summed E-state index contributed by atoms with van der Waals surface area (Å²) in [6.07, 6.45) is 4.16. The highest BCUT2D eigenvalue weighted by molar-refractivity contribution is 7.98. The molecule has 7 amide bonds. The summed E-state index contributed by atoms with van der Waals surface area (Å²) >= 11 is 1.56. The average Bonchev–Trinajstić information content (AvgIpc) is 3.80. The molecular weight excluding hydrogens is 901 g/mol. The van der Waals surface area contributed by atoms with Crippen molar-refractivity contribution in [3.8, 4) is 0 Å². The predicted molar refractivity (Wildman–Crippen MR) is 268 cm³/mol. The van der Waals surface area contributed by atoms with Gasteiger partial charge in [-0.05, 0) is 78.9 Å². The Bertz CT molecular complexity index is 2010. The Balaban J connectivity index is 1.88. The molecule has 2 aromatic carbocycles. The summed E-state index contributed by atoms with van der Waals surface area (Å²) in [6.45, 7) is 14.8. The van der Waals surface area contributed by atoms with E-state index in [2.05, 4.69) is 31.9 Å². The Kier molecular flexibility index (Phi) is 24.2. The van der Waals surface area contributed by atoms with Gasteiger partial charge in [-0.15, -0.1) is 0 Å². The molecule has 1 fully saturated rings. The maximum absolute atomic E-state index is 14.7. The summed E-state index contributed by atoms with van der Waals surface area (Å²) in [5, 5.41) is 26.7. The van der Waals surface area contributed by atoms with Gasteiger partial charge in [-0.1, -0.05) is 122 Å². The summed E-state index contributed by atoms with van der Waals surface area (Å²) in [7, 11) is 0. The molecule has 1 aliphatic heterocycles. The molecule has 0 saturated carbocycles. The van der Waals surface area contributed by atoms with Crippen molar-refractivity contribution in [1.29, 1.82) is 0 Å². The van der Waals surface area contributed by atoms with Crippen LogP contribution in [0, 0.1) is 23.7 Å². The Morgan fingerprint density at radius 3 is 1.64 bits per heavy atom. The van der Waals surface area contributed by atoms with Gasteiger partial charge >= 0.3 is 5.97 Å². The van der Waals surface area contributed by atoms with E-state index in [0.29, 0.717) is 31.4 Å². The van der Waals surface area contributed by atoms with Gasteiger partial charge in [0.1, 0.15) is 42.3 Å². The molecule has 69 heavy (non-hydrogen) atoms. The van der Waals surface area contributed by atoms with E-state index in [0.717, 1.165) is 11.1 Å². The fourth-order valence-corrected chi connectivity index (χ4v) is 8.69. The lowest BCUT2D eigenvalue weighted by Gasteiger charge is -2.32. The highest BCUT2D eigenvalue weighted by Crippen LogP contribution is 2.22. The number of nitrogens with one attached hydrogen (secondary N) is 6. The molecule has 0 unspecified atom stereocenters. The number of thioether (sulfide) groups is 1. The monoisotopic (exact) mass is 979 g/mol. The van der Waals surface area contributed by atoms with Gasteiger partial charge in [-0.2, -0.15) is 11.8 Å². The number of benzene rings is 2. The third-order valence-electron chi connectivity index (χ3n) is 12.3. The fraction of sp³-hybridized carbons (Fsp3) is 0.608. The third-order valence-corrected chi connectivity index (χ3v) is 13.0. The maximum Gasteiger partial charge on any atom is 0.326 e. The number of nitrogens with zero attached hydrogens (tertiary/aromatic N) is 1. The zero-order valence-corrected chi connectivity index (χ0v) is 42.7. The molecule has 1 heterocycles. The van der Waals surface area contributed by atoms with Crippen LogP contribution in [0.2, 0.25) is 0 Å². The van der Waals surface area contributed by atoms with Gasteiger partial charge in [0.2, 0.25) is 41.4 Å². The van der Waals surface area contributed by atoms with Crippen molar-refractivity contribution >= 4 is 59.1 Å². The summed E-state index contributed by atoms with van der Waals surface area (Å²) in [6, 6.07) is 9.49. The van der Waals surface area contributed by atoms with E-state index < -0.39 is 107 Å². The van der Waals surface area contributed by atoms with Crippen LogP contribution in [-0.2, 0) is 51.2 Å². The first-order valence-electron chi connectivity index (χ1n) is 24.3. The van der Waals surface area contributed by atoms with Crippen LogP contribution >= 0.6 is 11.8 Å². The number of carbonyl (C=O) groups excluding carboxylic acids is 7. The van der Waals surface area contributed by atoms with E-state index in [1.165, 1.54) is 4.90 Å². The molecule has 17 nitrogen and oxygen atoms in total. The van der Waals surface area contributed by atoms with Crippen LogP contribution in [-0.4, -0.2) is 124 Å². The lowest BCUT2D eigenvalue weighted by atomic mass is 9.97. The lowest BCUT2D eigenvalue weighted by Crippen LogP contribution is -2.61. The van der Waals surface area contributed by atoms with Crippen molar-refractivity contribution in [2.24, 2.45) is 29.4 Å². The quantitative estimate of drug-likeness (QED) is 0.0614. The Morgan fingerprint density at radius 2 is 1.13 bits per heavy atom. The van der Waals surface area contributed by atoms with Gasteiger partial charge in [-0.25, -0.2) is 4.79 Å². The van der Waals surface area contributed by atoms with E-state index in [4.69, 9.17) is 5.73 Å². The number of carboxylic acid groups (broad SMARTS) is 1. The normalized spacial score (nSPS) is 17.1. The fourth-order valence-electron chi connectivity index (χ4n) is 8.20. The zero-order valence-electron chi connectivity index (χ0n) is 41.9. The first-order valence-corrected chi connectivity index (χ1v) is 25.7. The second-order valence-electron chi connectivity index (χ2n) is 19.4. The molecule has 1 aliphatic rings. The first kappa shape index (κ1) is 57.8. The molecule has 0 aliphatic carbocycles. The second kappa shape index (κ2) is 28.9. The van der Waals surface area contributed by atoms with Crippen LogP contribution in [0.1, 0.15) is 105 Å². The van der Waals surface area contributed by atoms with Crippen LogP contribution < -0.4 is 37.6 Å². The molecule has 0 aromatic heterocycles. The van der Waals surface area contributed by atoms with E-state index in [1.54, 1.807) is 56.8 Å². The zero-order chi connectivity index (χ0) is 51.4. The lowest BCUT2D eigenvalue weighted by molar-refractivity contribution is -0.144. The number of carbonyl (C=O) groups is 8. The SMILES string of the molecule is CC[C@H](C)[C@H](NC(=O)[C@H](Cc1ccccc1)NC(=O)[C@H](CC(C)C)NC(=O)[C@@H]1CCCN1C(=O)[C@H](Cc1ccccc1)NC(=O)[C@@H](NC(=O)[C@H](CC(C)C)NC(=O)[C@@H](N)CCSC)C(C)C)C(=O)O. The average molecular weight is 979 g/mol. The smallest absolute Gasteiger partial charge is 0.326 e. The number of rotatable bonds is 28. The van der Waals surface area contributed by atoms with E-state index in [1.807, 2.05) is 77.3 Å². The number of likely N-dealkylation sites (tertiary alicyclic amines) is 1. The Labute approximate surface area is 412 Å². The van der Waals surface area contributed by atoms with Crippen molar-refractivity contribution in [3.05, 3.63) is 71.8 Å². The summed E-state index contributed by atoms with van der Waals surface area (Å²) in [5.41, 5.74) is 7.57. The van der Waals surface area contributed by atoms with Crippen molar-refractivity contribution in [3.63, 3.8) is 0 Å². The van der Waals surface area contributed by atoms with E-state index in [9.17, 15) is 43.5 Å². The number of amides is 7. The van der Waals surface area contributed by atoms with Crippen molar-refractivity contribution in [1.82, 2.24) is 36.8 Å². The Hall–Kier alpha value is -5.49. The Morgan fingerprint density at radius 1 is 0.652 bits per heavy atom. The molecule has 382 valence electrons. The third kappa shape index (κ3) is 18.7. The maximum atomic E-state index is 14.7. The number of carboxylic acids is 1. The van der Waals surface area contributed by atoms with Gasteiger partial charge in [0.05, 0.1) is 6.04 Å². The molecule has 18 heteroatoms. The number of aliphatic carboxylic acids is 1. The van der Waals surface area contributed by atoms with E-state index >= 15 is 0 Å². The van der Waals surface area contributed by atoms with Crippen molar-refractivity contribution in [2.75, 3.05) is 18.6 Å².